The third-order valence-electron chi connectivity index (χ3n) is 3.86. The zero-order valence-electron chi connectivity index (χ0n) is 12.7. The molecule has 0 saturated carbocycles. The molecule has 2 aromatic carbocycles. The summed E-state index contributed by atoms with van der Waals surface area (Å²) in [6.07, 6.45) is 1.01. The lowest BCUT2D eigenvalue weighted by Gasteiger charge is -2.22. The molecule has 0 spiro atoms. The van der Waals surface area contributed by atoms with E-state index in [1.807, 2.05) is 12.1 Å². The van der Waals surface area contributed by atoms with Crippen molar-refractivity contribution in [3.63, 3.8) is 0 Å². The second kappa shape index (κ2) is 6.47. The lowest BCUT2D eigenvalue weighted by molar-refractivity contribution is 0.406. The molecule has 106 valence electrons. The van der Waals surface area contributed by atoms with Gasteiger partial charge in [-0.1, -0.05) is 37.3 Å². The summed E-state index contributed by atoms with van der Waals surface area (Å²) in [7, 11) is 1.73. The summed E-state index contributed by atoms with van der Waals surface area (Å²) >= 11 is 0. The first kappa shape index (κ1) is 14.4. The van der Waals surface area contributed by atoms with E-state index >= 15 is 0 Å². The van der Waals surface area contributed by atoms with Crippen LogP contribution in [0.3, 0.4) is 0 Å². The number of hydrogen-bond donors (Lipinski definition) is 1. The highest BCUT2D eigenvalue weighted by Crippen LogP contribution is 2.31. The van der Waals surface area contributed by atoms with Gasteiger partial charge in [-0.05, 0) is 43.5 Å². The van der Waals surface area contributed by atoms with Crippen LogP contribution in [-0.2, 0) is 0 Å². The molecule has 2 heteroatoms. The summed E-state index contributed by atoms with van der Waals surface area (Å²) in [5.41, 5.74) is 5.02. The number of anilines is 1. The molecule has 0 aliphatic rings. The Morgan fingerprint density at radius 1 is 1.05 bits per heavy atom. The first-order valence-electron chi connectivity index (χ1n) is 7.13. The van der Waals surface area contributed by atoms with Crippen molar-refractivity contribution in [2.45, 2.75) is 33.2 Å². The molecule has 1 atom stereocenters. The van der Waals surface area contributed by atoms with E-state index in [4.69, 9.17) is 4.74 Å². The topological polar surface area (TPSA) is 21.3 Å². The average molecular weight is 269 g/mol. The smallest absolute Gasteiger partial charge is 0.124 e. The average Bonchev–Trinajstić information content (AvgIpc) is 2.49. The van der Waals surface area contributed by atoms with Gasteiger partial charge in [-0.3, -0.25) is 0 Å². The van der Waals surface area contributed by atoms with Gasteiger partial charge in [-0.15, -0.1) is 0 Å². The molecule has 0 bridgehead atoms. The van der Waals surface area contributed by atoms with Crippen molar-refractivity contribution in [2.24, 2.45) is 0 Å². The van der Waals surface area contributed by atoms with Crippen LogP contribution in [-0.4, -0.2) is 7.11 Å². The molecule has 2 rings (SSSR count). The molecule has 2 aromatic rings. The summed E-state index contributed by atoms with van der Waals surface area (Å²) in [6.45, 7) is 6.49. The van der Waals surface area contributed by atoms with E-state index in [-0.39, 0.29) is 6.04 Å². The maximum Gasteiger partial charge on any atom is 0.124 e. The Morgan fingerprint density at radius 2 is 1.80 bits per heavy atom. The van der Waals surface area contributed by atoms with Gasteiger partial charge in [0, 0.05) is 11.3 Å². The summed E-state index contributed by atoms with van der Waals surface area (Å²) in [4.78, 5) is 0. The minimum Gasteiger partial charge on any atom is -0.496 e. The van der Waals surface area contributed by atoms with Crippen LogP contribution >= 0.6 is 0 Å². The van der Waals surface area contributed by atoms with Crippen molar-refractivity contribution in [2.75, 3.05) is 12.4 Å². The van der Waals surface area contributed by atoms with E-state index in [2.05, 4.69) is 56.4 Å². The van der Waals surface area contributed by atoms with Crippen LogP contribution < -0.4 is 10.1 Å². The first-order valence-corrected chi connectivity index (χ1v) is 7.13. The van der Waals surface area contributed by atoms with Crippen LogP contribution in [0, 0.1) is 13.8 Å². The maximum atomic E-state index is 5.48. The highest BCUT2D eigenvalue weighted by Gasteiger charge is 2.14. The minimum absolute atomic E-state index is 0.256. The summed E-state index contributed by atoms with van der Waals surface area (Å²) in [5.74, 6) is 0.942. The summed E-state index contributed by atoms with van der Waals surface area (Å²) in [5, 5.41) is 3.65. The van der Waals surface area contributed by atoms with Crippen molar-refractivity contribution in [1.29, 1.82) is 0 Å². The Labute approximate surface area is 121 Å². The van der Waals surface area contributed by atoms with Gasteiger partial charge in [0.1, 0.15) is 5.75 Å². The number of methoxy groups -OCH3 is 1. The normalized spacial score (nSPS) is 12.0. The molecule has 0 saturated heterocycles. The van der Waals surface area contributed by atoms with Crippen molar-refractivity contribution in [1.82, 2.24) is 0 Å². The zero-order valence-corrected chi connectivity index (χ0v) is 12.7. The first-order chi connectivity index (χ1) is 9.67. The van der Waals surface area contributed by atoms with Crippen LogP contribution in [0.2, 0.25) is 0 Å². The fraction of sp³-hybridized carbons (Fsp3) is 0.333. The Hall–Kier alpha value is -1.96. The van der Waals surface area contributed by atoms with E-state index in [0.29, 0.717) is 0 Å². The standard InChI is InChI=1S/C18H23NO/c1-5-16(15-10-6-7-12-18(15)20-4)19-17-11-8-9-13(2)14(17)3/h6-12,16,19H,5H2,1-4H3. The Balaban J connectivity index is 2.31. The van der Waals surface area contributed by atoms with Crippen LogP contribution in [0.4, 0.5) is 5.69 Å². The minimum atomic E-state index is 0.256. The fourth-order valence-electron chi connectivity index (χ4n) is 2.45. The third kappa shape index (κ3) is 2.96. The maximum absolute atomic E-state index is 5.48. The number of ether oxygens (including phenoxy) is 1. The molecule has 0 aliphatic carbocycles. The molecule has 0 radical (unpaired) electrons. The zero-order chi connectivity index (χ0) is 14.5. The summed E-state index contributed by atoms with van der Waals surface area (Å²) in [6, 6.07) is 14.9. The van der Waals surface area contributed by atoms with E-state index in [1.165, 1.54) is 22.4 Å². The molecule has 0 heterocycles. The van der Waals surface area contributed by atoms with E-state index in [9.17, 15) is 0 Å². The predicted octanol–water partition coefficient (Wildman–Crippen LogP) is 4.88. The number of nitrogens with one attached hydrogen (secondary N) is 1. The molecule has 1 unspecified atom stereocenters. The fourth-order valence-corrected chi connectivity index (χ4v) is 2.45. The second-order valence-electron chi connectivity index (χ2n) is 5.09. The molecule has 0 aromatic heterocycles. The SMILES string of the molecule is CCC(Nc1cccc(C)c1C)c1ccccc1OC. The Kier molecular flexibility index (Phi) is 4.67. The van der Waals surface area contributed by atoms with Crippen molar-refractivity contribution in [3.05, 3.63) is 59.2 Å². The lowest BCUT2D eigenvalue weighted by Crippen LogP contribution is -2.12. The third-order valence-corrected chi connectivity index (χ3v) is 3.86. The molecular weight excluding hydrogens is 246 g/mol. The van der Waals surface area contributed by atoms with Crippen LogP contribution in [0.5, 0.6) is 5.75 Å². The van der Waals surface area contributed by atoms with Crippen LogP contribution in [0.15, 0.2) is 42.5 Å². The molecule has 0 aliphatic heterocycles. The molecule has 2 nitrogen and oxygen atoms in total. The van der Waals surface area contributed by atoms with Gasteiger partial charge in [0.05, 0.1) is 13.2 Å². The van der Waals surface area contributed by atoms with Gasteiger partial charge in [-0.25, -0.2) is 0 Å². The number of hydrogen-bond acceptors (Lipinski definition) is 2. The van der Waals surface area contributed by atoms with Crippen molar-refractivity contribution in [3.8, 4) is 5.75 Å². The van der Waals surface area contributed by atoms with Crippen molar-refractivity contribution >= 4 is 5.69 Å². The quantitative estimate of drug-likeness (QED) is 0.835. The largest absolute Gasteiger partial charge is 0.496 e. The number of para-hydroxylation sites is 1. The monoisotopic (exact) mass is 269 g/mol. The highest BCUT2D eigenvalue weighted by atomic mass is 16.5. The Bertz CT molecular complexity index is 577. The van der Waals surface area contributed by atoms with Gasteiger partial charge >= 0.3 is 0 Å². The lowest BCUT2D eigenvalue weighted by atomic mass is 10.0. The number of rotatable bonds is 5. The highest BCUT2D eigenvalue weighted by molar-refractivity contribution is 5.55. The van der Waals surface area contributed by atoms with Gasteiger partial charge in [0.25, 0.3) is 0 Å². The van der Waals surface area contributed by atoms with Gasteiger partial charge in [0.15, 0.2) is 0 Å². The molecular formula is C18H23NO. The van der Waals surface area contributed by atoms with Crippen LogP contribution in [0.25, 0.3) is 0 Å². The van der Waals surface area contributed by atoms with E-state index in [0.717, 1.165) is 12.2 Å². The number of aryl methyl sites for hydroxylation is 1. The van der Waals surface area contributed by atoms with Gasteiger partial charge in [-0.2, -0.15) is 0 Å². The summed E-state index contributed by atoms with van der Waals surface area (Å²) < 4.78 is 5.48. The molecule has 1 N–H and O–H groups in total. The molecule has 0 fully saturated rings. The van der Waals surface area contributed by atoms with E-state index < -0.39 is 0 Å². The Morgan fingerprint density at radius 3 is 2.50 bits per heavy atom. The molecule has 20 heavy (non-hydrogen) atoms. The predicted molar refractivity (Wildman–Crippen MR) is 85.6 cm³/mol. The van der Waals surface area contributed by atoms with E-state index in [1.54, 1.807) is 7.11 Å². The van der Waals surface area contributed by atoms with Crippen LogP contribution in [0.1, 0.15) is 36.1 Å². The molecule has 0 amide bonds. The number of benzene rings is 2. The van der Waals surface area contributed by atoms with Crippen molar-refractivity contribution < 1.29 is 4.74 Å². The van der Waals surface area contributed by atoms with Gasteiger partial charge in [0.2, 0.25) is 0 Å². The second-order valence-corrected chi connectivity index (χ2v) is 5.09. The van der Waals surface area contributed by atoms with Gasteiger partial charge < -0.3 is 10.1 Å².